The largest absolute Gasteiger partial charge is 0.0654 e. The Hall–Kier alpha value is 0. The molecule has 13 heavy (non-hydrogen) atoms. The lowest BCUT2D eigenvalue weighted by molar-refractivity contribution is 0.162. The van der Waals surface area contributed by atoms with E-state index in [0.29, 0.717) is 5.41 Å². The molecule has 0 aliphatic rings. The minimum absolute atomic E-state index is 0.488. The number of unbranched alkanes of at least 4 members (excludes halogenated alkanes) is 2. The third-order valence-corrected chi connectivity index (χ3v) is 3.04. The average Bonchev–Trinajstić information content (AvgIpc) is 1.94. The minimum atomic E-state index is 0.488. The standard InChI is InChI=1S/C13H28/c1-7-8-9-10-12(11(2)3)13(4,5)6/h11-12H,7-10H2,1-6H3. The van der Waals surface area contributed by atoms with Crippen LogP contribution < -0.4 is 0 Å². The highest BCUT2D eigenvalue weighted by Crippen LogP contribution is 2.35. The highest BCUT2D eigenvalue weighted by Gasteiger charge is 2.26. The quantitative estimate of drug-likeness (QED) is 0.534. The van der Waals surface area contributed by atoms with Gasteiger partial charge in [0, 0.05) is 0 Å². The lowest BCUT2D eigenvalue weighted by Gasteiger charge is -2.34. The van der Waals surface area contributed by atoms with E-state index in [1.54, 1.807) is 0 Å². The lowest BCUT2D eigenvalue weighted by atomic mass is 9.72. The summed E-state index contributed by atoms with van der Waals surface area (Å²) >= 11 is 0. The van der Waals surface area contributed by atoms with E-state index in [1.807, 2.05) is 0 Å². The maximum absolute atomic E-state index is 2.38. The molecular weight excluding hydrogens is 156 g/mol. The Balaban J connectivity index is 3.97. The molecule has 1 atom stereocenters. The van der Waals surface area contributed by atoms with Gasteiger partial charge in [-0.2, -0.15) is 0 Å². The van der Waals surface area contributed by atoms with Crippen LogP contribution in [0.15, 0.2) is 0 Å². The molecular formula is C13H28. The normalized spacial score (nSPS) is 15.0. The van der Waals surface area contributed by atoms with Gasteiger partial charge in [-0.25, -0.2) is 0 Å². The maximum atomic E-state index is 2.38. The zero-order valence-corrected chi connectivity index (χ0v) is 10.5. The van der Waals surface area contributed by atoms with Crippen molar-refractivity contribution in [2.24, 2.45) is 17.3 Å². The van der Waals surface area contributed by atoms with Crippen LogP contribution in [0.25, 0.3) is 0 Å². The van der Waals surface area contributed by atoms with Crippen molar-refractivity contribution in [1.29, 1.82) is 0 Å². The molecule has 0 fully saturated rings. The fourth-order valence-corrected chi connectivity index (χ4v) is 2.38. The first kappa shape index (κ1) is 13.0. The molecule has 0 heteroatoms. The molecule has 0 aliphatic heterocycles. The molecule has 0 N–H and O–H groups in total. The molecule has 0 rings (SSSR count). The molecule has 0 saturated heterocycles. The van der Waals surface area contributed by atoms with Gasteiger partial charge in [0.2, 0.25) is 0 Å². The third kappa shape index (κ3) is 5.33. The molecule has 0 heterocycles. The number of hydrogen-bond acceptors (Lipinski definition) is 0. The summed E-state index contributed by atoms with van der Waals surface area (Å²) < 4.78 is 0. The molecule has 0 aromatic rings. The first-order chi connectivity index (χ1) is 5.89. The third-order valence-electron chi connectivity index (χ3n) is 3.04. The lowest BCUT2D eigenvalue weighted by Crippen LogP contribution is -2.25. The molecule has 0 saturated carbocycles. The first-order valence-corrected chi connectivity index (χ1v) is 5.89. The van der Waals surface area contributed by atoms with Gasteiger partial charge in [0.25, 0.3) is 0 Å². The van der Waals surface area contributed by atoms with Crippen molar-refractivity contribution in [3.8, 4) is 0 Å². The van der Waals surface area contributed by atoms with Crippen LogP contribution >= 0.6 is 0 Å². The van der Waals surface area contributed by atoms with Crippen molar-refractivity contribution in [1.82, 2.24) is 0 Å². The zero-order valence-electron chi connectivity index (χ0n) is 10.5. The van der Waals surface area contributed by atoms with Gasteiger partial charge in [-0.1, -0.05) is 60.8 Å². The van der Waals surface area contributed by atoms with Gasteiger partial charge >= 0.3 is 0 Å². The molecule has 0 aromatic carbocycles. The van der Waals surface area contributed by atoms with Crippen LogP contribution in [0.1, 0.15) is 67.2 Å². The Kier molecular flexibility index (Phi) is 5.67. The van der Waals surface area contributed by atoms with Crippen LogP contribution in [0.4, 0.5) is 0 Å². The summed E-state index contributed by atoms with van der Waals surface area (Å²) in [7, 11) is 0. The van der Waals surface area contributed by atoms with E-state index in [-0.39, 0.29) is 0 Å². The van der Waals surface area contributed by atoms with Crippen LogP contribution in [0.5, 0.6) is 0 Å². The summed E-state index contributed by atoms with van der Waals surface area (Å²) in [6.45, 7) is 14.1. The Morgan fingerprint density at radius 1 is 1.00 bits per heavy atom. The van der Waals surface area contributed by atoms with Crippen molar-refractivity contribution >= 4 is 0 Å². The second-order valence-electron chi connectivity index (χ2n) is 5.71. The fraction of sp³-hybridized carbons (Fsp3) is 1.00. The molecule has 0 nitrogen and oxygen atoms in total. The van der Waals surface area contributed by atoms with Gasteiger partial charge in [0.15, 0.2) is 0 Å². The molecule has 0 aromatic heterocycles. The minimum Gasteiger partial charge on any atom is -0.0654 e. The van der Waals surface area contributed by atoms with Crippen molar-refractivity contribution in [2.45, 2.75) is 67.2 Å². The van der Waals surface area contributed by atoms with Gasteiger partial charge in [0.05, 0.1) is 0 Å². The van der Waals surface area contributed by atoms with Crippen LogP contribution in [-0.4, -0.2) is 0 Å². The summed E-state index contributed by atoms with van der Waals surface area (Å²) in [5.41, 5.74) is 0.488. The maximum Gasteiger partial charge on any atom is -0.0342 e. The Morgan fingerprint density at radius 3 is 1.85 bits per heavy atom. The van der Waals surface area contributed by atoms with Gasteiger partial charge in [-0.05, 0) is 23.7 Å². The molecule has 0 spiro atoms. The van der Waals surface area contributed by atoms with Gasteiger partial charge in [-0.15, -0.1) is 0 Å². The van der Waals surface area contributed by atoms with Crippen molar-refractivity contribution in [2.75, 3.05) is 0 Å². The van der Waals surface area contributed by atoms with E-state index in [2.05, 4.69) is 41.5 Å². The van der Waals surface area contributed by atoms with Crippen LogP contribution in [-0.2, 0) is 0 Å². The molecule has 0 bridgehead atoms. The smallest absolute Gasteiger partial charge is 0.0342 e. The molecule has 1 unspecified atom stereocenters. The topological polar surface area (TPSA) is 0 Å². The van der Waals surface area contributed by atoms with E-state index < -0.39 is 0 Å². The summed E-state index contributed by atoms with van der Waals surface area (Å²) in [6, 6.07) is 0. The zero-order chi connectivity index (χ0) is 10.5. The summed E-state index contributed by atoms with van der Waals surface area (Å²) in [5.74, 6) is 1.72. The van der Waals surface area contributed by atoms with Crippen LogP contribution in [0.2, 0.25) is 0 Å². The summed E-state index contributed by atoms with van der Waals surface area (Å²) in [6.07, 6.45) is 5.57. The number of rotatable bonds is 5. The predicted octanol–water partition coefficient (Wildman–Crippen LogP) is 4.89. The van der Waals surface area contributed by atoms with Gasteiger partial charge < -0.3 is 0 Å². The monoisotopic (exact) mass is 184 g/mol. The first-order valence-electron chi connectivity index (χ1n) is 5.89. The van der Waals surface area contributed by atoms with Crippen LogP contribution in [0.3, 0.4) is 0 Å². The second kappa shape index (κ2) is 5.67. The Labute approximate surface area is 85.1 Å². The fourth-order valence-electron chi connectivity index (χ4n) is 2.38. The Morgan fingerprint density at radius 2 is 1.54 bits per heavy atom. The summed E-state index contributed by atoms with van der Waals surface area (Å²) in [5, 5.41) is 0. The SMILES string of the molecule is CCCCCC(C(C)C)C(C)(C)C. The van der Waals surface area contributed by atoms with Crippen molar-refractivity contribution in [3.05, 3.63) is 0 Å². The highest BCUT2D eigenvalue weighted by molar-refractivity contribution is 4.76. The molecule has 0 aliphatic carbocycles. The summed E-state index contributed by atoms with van der Waals surface area (Å²) in [4.78, 5) is 0. The van der Waals surface area contributed by atoms with E-state index in [0.717, 1.165) is 11.8 Å². The van der Waals surface area contributed by atoms with Crippen LogP contribution in [0, 0.1) is 17.3 Å². The average molecular weight is 184 g/mol. The Bertz CT molecular complexity index is 116. The molecule has 0 radical (unpaired) electrons. The highest BCUT2D eigenvalue weighted by atomic mass is 14.3. The molecule has 80 valence electrons. The van der Waals surface area contributed by atoms with E-state index in [1.165, 1.54) is 25.7 Å². The predicted molar refractivity (Wildman–Crippen MR) is 61.9 cm³/mol. The molecule has 0 amide bonds. The van der Waals surface area contributed by atoms with Gasteiger partial charge in [-0.3, -0.25) is 0 Å². The second-order valence-corrected chi connectivity index (χ2v) is 5.71. The van der Waals surface area contributed by atoms with Crippen molar-refractivity contribution < 1.29 is 0 Å². The van der Waals surface area contributed by atoms with E-state index in [4.69, 9.17) is 0 Å². The van der Waals surface area contributed by atoms with Gasteiger partial charge in [0.1, 0.15) is 0 Å². The van der Waals surface area contributed by atoms with E-state index >= 15 is 0 Å². The number of hydrogen-bond donors (Lipinski definition) is 0. The van der Waals surface area contributed by atoms with Crippen molar-refractivity contribution in [3.63, 3.8) is 0 Å². The van der Waals surface area contributed by atoms with E-state index in [9.17, 15) is 0 Å².